The number of benzene rings is 3. The lowest BCUT2D eigenvalue weighted by Crippen LogP contribution is -2.37. The molecule has 0 spiro atoms. The van der Waals surface area contributed by atoms with E-state index >= 15 is 0 Å². The molecule has 162 valence electrons. The lowest BCUT2D eigenvalue weighted by Gasteiger charge is -2.26. The topological polar surface area (TPSA) is 57.8 Å². The van der Waals surface area contributed by atoms with Crippen LogP contribution in [0.15, 0.2) is 85.1 Å². The fourth-order valence-corrected chi connectivity index (χ4v) is 4.02. The Morgan fingerprint density at radius 3 is 2.12 bits per heavy atom. The van der Waals surface area contributed by atoms with E-state index in [1.807, 2.05) is 85.8 Å². The number of carbonyl (C=O) groups excluding carboxylic acids is 1. The number of carbonyl (C=O) groups is 1. The van der Waals surface area contributed by atoms with Crippen LogP contribution in [0, 0.1) is 0 Å². The highest BCUT2D eigenvalue weighted by Crippen LogP contribution is 2.27. The maximum atomic E-state index is 13.0. The number of H-pyrrole nitrogens is 1. The van der Waals surface area contributed by atoms with E-state index < -0.39 is 0 Å². The van der Waals surface area contributed by atoms with Crippen LogP contribution in [-0.2, 0) is 6.42 Å². The fourth-order valence-electron chi connectivity index (χ4n) is 3.77. The van der Waals surface area contributed by atoms with Crippen molar-refractivity contribution in [2.45, 2.75) is 25.3 Å². The van der Waals surface area contributed by atoms with Gasteiger partial charge < -0.3 is 5.32 Å². The van der Waals surface area contributed by atoms with E-state index in [1.54, 1.807) is 6.20 Å². The number of aromatic nitrogens is 2. The van der Waals surface area contributed by atoms with Gasteiger partial charge in [-0.1, -0.05) is 59.6 Å². The summed E-state index contributed by atoms with van der Waals surface area (Å²) in [4.78, 5) is 13.0. The second kappa shape index (κ2) is 10.0. The first kappa shape index (κ1) is 22.1. The van der Waals surface area contributed by atoms with Crippen LogP contribution in [-0.4, -0.2) is 22.1 Å². The smallest absolute Gasteiger partial charge is 0.251 e. The summed E-state index contributed by atoms with van der Waals surface area (Å²) in [5.74, 6) is -0.0399. The van der Waals surface area contributed by atoms with E-state index in [1.165, 1.54) is 0 Å². The minimum atomic E-state index is -0.110. The van der Waals surface area contributed by atoms with Crippen molar-refractivity contribution >= 4 is 29.1 Å². The second-order valence-electron chi connectivity index (χ2n) is 7.79. The molecule has 3 aromatic carbocycles. The van der Waals surface area contributed by atoms with Gasteiger partial charge in [0.25, 0.3) is 5.91 Å². The van der Waals surface area contributed by atoms with Crippen LogP contribution in [0.4, 0.5) is 0 Å². The summed E-state index contributed by atoms with van der Waals surface area (Å²) in [7, 11) is 0. The Labute approximate surface area is 197 Å². The third-order valence-corrected chi connectivity index (χ3v) is 6.08. The predicted octanol–water partition coefficient (Wildman–Crippen LogP) is 6.53. The molecule has 4 aromatic rings. The van der Waals surface area contributed by atoms with Crippen molar-refractivity contribution in [1.82, 2.24) is 15.5 Å². The predicted molar refractivity (Wildman–Crippen MR) is 130 cm³/mol. The molecule has 0 aliphatic heterocycles. The first-order valence-corrected chi connectivity index (χ1v) is 11.2. The number of nitrogens with zero attached hydrogens (tertiary/aromatic N) is 1. The number of nitrogens with one attached hydrogen (secondary N) is 2. The van der Waals surface area contributed by atoms with Crippen molar-refractivity contribution < 1.29 is 4.79 Å². The molecule has 0 saturated heterocycles. The average Bonchev–Trinajstić information content (AvgIpc) is 3.34. The van der Waals surface area contributed by atoms with Crippen molar-refractivity contribution in [2.75, 3.05) is 0 Å². The molecule has 0 aliphatic carbocycles. The molecule has 0 fully saturated rings. The Morgan fingerprint density at radius 1 is 0.906 bits per heavy atom. The average molecular weight is 464 g/mol. The quantitative estimate of drug-likeness (QED) is 0.327. The number of halogens is 2. The van der Waals surface area contributed by atoms with E-state index in [2.05, 4.69) is 15.5 Å². The summed E-state index contributed by atoms with van der Waals surface area (Å²) in [6.07, 6.45) is 2.54. The van der Waals surface area contributed by atoms with E-state index in [0.29, 0.717) is 15.6 Å². The van der Waals surface area contributed by atoms with Gasteiger partial charge in [0.05, 0.1) is 5.69 Å². The number of rotatable bonds is 7. The highest BCUT2D eigenvalue weighted by Gasteiger charge is 2.22. The van der Waals surface area contributed by atoms with E-state index in [9.17, 15) is 4.79 Å². The van der Waals surface area contributed by atoms with Crippen LogP contribution in [0.1, 0.15) is 34.3 Å². The third-order valence-electron chi connectivity index (χ3n) is 5.57. The summed E-state index contributed by atoms with van der Waals surface area (Å²) >= 11 is 12.1. The Hall–Kier alpha value is -3.08. The SMILES string of the molecule is CC(NC(=O)c1ccc(-c2cc[nH]n2)cc1)C(Cc1ccc(Cl)cc1)c1ccc(Cl)cc1. The van der Waals surface area contributed by atoms with Gasteiger partial charge in [-0.05, 0) is 66.9 Å². The van der Waals surface area contributed by atoms with Gasteiger partial charge in [-0.2, -0.15) is 5.10 Å². The summed E-state index contributed by atoms with van der Waals surface area (Å²) < 4.78 is 0. The summed E-state index contributed by atoms with van der Waals surface area (Å²) in [6.45, 7) is 2.03. The van der Waals surface area contributed by atoms with Crippen LogP contribution in [0.5, 0.6) is 0 Å². The first-order chi connectivity index (χ1) is 15.5. The van der Waals surface area contributed by atoms with E-state index in [4.69, 9.17) is 23.2 Å². The van der Waals surface area contributed by atoms with E-state index in [-0.39, 0.29) is 17.9 Å². The molecule has 4 nitrogen and oxygen atoms in total. The zero-order valence-electron chi connectivity index (χ0n) is 17.6. The molecule has 1 aromatic heterocycles. The standard InChI is InChI=1S/C26H23Cl2N3O/c1-17(30-26(32)21-6-4-20(5-7-21)25-14-15-29-31-25)24(19-8-12-23(28)13-9-19)16-18-2-10-22(27)11-3-18/h2-15,17,24H,16H2,1H3,(H,29,31)(H,30,32). The summed E-state index contributed by atoms with van der Waals surface area (Å²) in [5, 5.41) is 11.5. The monoisotopic (exact) mass is 463 g/mol. The van der Waals surface area contributed by atoms with Crippen LogP contribution < -0.4 is 5.32 Å². The highest BCUT2D eigenvalue weighted by atomic mass is 35.5. The Kier molecular flexibility index (Phi) is 6.93. The Bertz CT molecular complexity index is 1160. The zero-order chi connectivity index (χ0) is 22.5. The first-order valence-electron chi connectivity index (χ1n) is 10.4. The zero-order valence-corrected chi connectivity index (χ0v) is 19.1. The minimum Gasteiger partial charge on any atom is -0.349 e. The Balaban J connectivity index is 1.52. The molecule has 32 heavy (non-hydrogen) atoms. The maximum Gasteiger partial charge on any atom is 0.251 e. The molecule has 0 radical (unpaired) electrons. The molecule has 0 saturated carbocycles. The van der Waals surface area contributed by atoms with Gasteiger partial charge in [-0.15, -0.1) is 0 Å². The fraction of sp³-hybridized carbons (Fsp3) is 0.154. The van der Waals surface area contributed by atoms with Crippen LogP contribution in [0.25, 0.3) is 11.3 Å². The maximum absolute atomic E-state index is 13.0. The molecule has 2 N–H and O–H groups in total. The molecule has 4 rings (SSSR count). The van der Waals surface area contributed by atoms with Crippen molar-refractivity contribution in [3.63, 3.8) is 0 Å². The molecule has 2 atom stereocenters. The molecular weight excluding hydrogens is 441 g/mol. The lowest BCUT2D eigenvalue weighted by atomic mass is 9.86. The largest absolute Gasteiger partial charge is 0.349 e. The summed E-state index contributed by atoms with van der Waals surface area (Å²) in [5.41, 5.74) is 4.68. The van der Waals surface area contributed by atoms with Gasteiger partial charge in [-0.3, -0.25) is 9.89 Å². The molecule has 1 amide bonds. The molecule has 6 heteroatoms. The van der Waals surface area contributed by atoms with Crippen LogP contribution in [0.3, 0.4) is 0 Å². The van der Waals surface area contributed by atoms with Crippen molar-refractivity contribution in [2.24, 2.45) is 0 Å². The van der Waals surface area contributed by atoms with Gasteiger partial charge >= 0.3 is 0 Å². The van der Waals surface area contributed by atoms with Crippen molar-refractivity contribution in [1.29, 1.82) is 0 Å². The van der Waals surface area contributed by atoms with Gasteiger partial charge in [-0.25, -0.2) is 0 Å². The van der Waals surface area contributed by atoms with Gasteiger partial charge in [0.2, 0.25) is 0 Å². The third kappa shape index (κ3) is 5.39. The minimum absolute atomic E-state index is 0.0701. The van der Waals surface area contributed by atoms with Crippen LogP contribution in [0.2, 0.25) is 10.0 Å². The summed E-state index contributed by atoms with van der Waals surface area (Å²) in [6, 6.07) is 24.9. The van der Waals surface area contributed by atoms with Gasteiger partial charge in [0.1, 0.15) is 0 Å². The van der Waals surface area contributed by atoms with Gasteiger partial charge in [0, 0.05) is 39.3 Å². The highest BCUT2D eigenvalue weighted by molar-refractivity contribution is 6.30. The lowest BCUT2D eigenvalue weighted by molar-refractivity contribution is 0.0934. The molecule has 2 unspecified atom stereocenters. The van der Waals surface area contributed by atoms with Crippen molar-refractivity contribution in [3.05, 3.63) is 112 Å². The normalized spacial score (nSPS) is 12.8. The number of amides is 1. The number of hydrogen-bond acceptors (Lipinski definition) is 2. The van der Waals surface area contributed by atoms with Gasteiger partial charge in [0.15, 0.2) is 0 Å². The molecule has 0 aliphatic rings. The molecule has 1 heterocycles. The molecule has 0 bridgehead atoms. The van der Waals surface area contributed by atoms with E-state index in [0.717, 1.165) is 28.8 Å². The second-order valence-corrected chi connectivity index (χ2v) is 8.66. The number of aromatic amines is 1. The number of hydrogen-bond donors (Lipinski definition) is 2. The Morgan fingerprint density at radius 2 is 1.53 bits per heavy atom. The van der Waals surface area contributed by atoms with Crippen molar-refractivity contribution in [3.8, 4) is 11.3 Å². The molecular formula is C26H23Cl2N3O. The van der Waals surface area contributed by atoms with Crippen LogP contribution >= 0.6 is 23.2 Å².